The van der Waals surface area contributed by atoms with Gasteiger partial charge < -0.3 is 9.72 Å². The number of hydrogen-bond donors (Lipinski definition) is 1. The van der Waals surface area contributed by atoms with Crippen LogP contribution >= 0.6 is 0 Å². The van der Waals surface area contributed by atoms with Crippen LogP contribution in [0.5, 0.6) is 0 Å². The quantitative estimate of drug-likeness (QED) is 0.830. The third-order valence-corrected chi connectivity index (χ3v) is 2.63. The normalized spacial score (nSPS) is 11.2. The maximum Gasteiger partial charge on any atom is 0.279 e. The van der Waals surface area contributed by atoms with Crippen LogP contribution < -0.4 is 5.56 Å². The second kappa shape index (κ2) is 5.09. The van der Waals surface area contributed by atoms with E-state index in [1.54, 1.807) is 7.11 Å². The third kappa shape index (κ3) is 2.21. The number of methoxy groups -OCH3 is 1. The van der Waals surface area contributed by atoms with Crippen LogP contribution in [0, 0.1) is 0 Å². The van der Waals surface area contributed by atoms with Crippen LogP contribution in [0.2, 0.25) is 0 Å². The maximum absolute atomic E-state index is 11.6. The van der Waals surface area contributed by atoms with Crippen LogP contribution in [0.3, 0.4) is 0 Å². The van der Waals surface area contributed by atoms with Crippen LogP contribution in [-0.4, -0.2) is 33.5 Å². The molecule has 0 aromatic carbocycles. The van der Waals surface area contributed by atoms with Gasteiger partial charge in [0.25, 0.3) is 5.56 Å². The molecule has 6 heteroatoms. The van der Waals surface area contributed by atoms with Crippen LogP contribution in [-0.2, 0) is 17.7 Å². The van der Waals surface area contributed by atoms with Crippen LogP contribution in [0.4, 0.5) is 0 Å². The third-order valence-electron chi connectivity index (χ3n) is 2.63. The van der Waals surface area contributed by atoms with E-state index in [1.165, 1.54) is 6.33 Å². The molecule has 2 aromatic rings. The molecule has 0 saturated carbocycles. The van der Waals surface area contributed by atoms with Gasteiger partial charge in [-0.3, -0.25) is 9.48 Å². The molecule has 0 spiro atoms. The highest BCUT2D eigenvalue weighted by Gasteiger charge is 2.13. The molecule has 0 bridgehead atoms. The van der Waals surface area contributed by atoms with Gasteiger partial charge in [0.05, 0.1) is 25.2 Å². The Bertz CT molecular complexity index is 558. The number of aromatic nitrogens is 4. The first-order chi connectivity index (χ1) is 8.27. The lowest BCUT2D eigenvalue weighted by Crippen LogP contribution is -2.10. The Balaban J connectivity index is 2.53. The molecule has 0 aliphatic heterocycles. The molecule has 2 rings (SSSR count). The molecular formula is C11H16N4O2. The van der Waals surface area contributed by atoms with Gasteiger partial charge in [0.2, 0.25) is 0 Å². The van der Waals surface area contributed by atoms with E-state index in [4.69, 9.17) is 4.74 Å². The molecule has 0 aliphatic rings. The summed E-state index contributed by atoms with van der Waals surface area (Å²) in [5, 5.41) is 4.30. The molecule has 1 N–H and O–H groups in total. The SMILES string of the molecule is CCCc1c2nc[nH]c(=O)c2nn1CCOC. The van der Waals surface area contributed by atoms with Crippen molar-refractivity contribution in [3.63, 3.8) is 0 Å². The van der Waals surface area contributed by atoms with E-state index in [-0.39, 0.29) is 5.56 Å². The Kier molecular flexibility index (Phi) is 3.53. The minimum absolute atomic E-state index is 0.191. The smallest absolute Gasteiger partial charge is 0.279 e. The second-order valence-electron chi connectivity index (χ2n) is 3.84. The predicted molar refractivity (Wildman–Crippen MR) is 64.0 cm³/mol. The van der Waals surface area contributed by atoms with Crippen molar-refractivity contribution in [3.8, 4) is 0 Å². The average molecular weight is 236 g/mol. The molecule has 0 unspecified atom stereocenters. The number of nitrogens with zero attached hydrogens (tertiary/aromatic N) is 3. The summed E-state index contributed by atoms with van der Waals surface area (Å²) >= 11 is 0. The Morgan fingerprint density at radius 2 is 2.29 bits per heavy atom. The summed E-state index contributed by atoms with van der Waals surface area (Å²) in [7, 11) is 1.65. The van der Waals surface area contributed by atoms with Gasteiger partial charge in [-0.1, -0.05) is 13.3 Å². The summed E-state index contributed by atoms with van der Waals surface area (Å²) < 4.78 is 6.86. The molecule has 0 amide bonds. The summed E-state index contributed by atoms with van der Waals surface area (Å²) in [5.41, 5.74) is 1.92. The average Bonchev–Trinajstić information content (AvgIpc) is 2.67. The maximum atomic E-state index is 11.6. The molecule has 0 atom stereocenters. The van der Waals surface area contributed by atoms with E-state index in [1.807, 2.05) is 4.68 Å². The fourth-order valence-corrected chi connectivity index (χ4v) is 1.85. The minimum Gasteiger partial charge on any atom is -0.383 e. The first-order valence-electron chi connectivity index (χ1n) is 5.70. The van der Waals surface area contributed by atoms with Crippen molar-refractivity contribution >= 4 is 11.0 Å². The molecular weight excluding hydrogens is 220 g/mol. The predicted octanol–water partition coefficient (Wildman–Crippen LogP) is 0.718. The number of nitrogens with one attached hydrogen (secondary N) is 1. The second-order valence-corrected chi connectivity index (χ2v) is 3.84. The van der Waals surface area contributed by atoms with E-state index >= 15 is 0 Å². The summed E-state index contributed by atoms with van der Waals surface area (Å²) in [4.78, 5) is 18.4. The monoisotopic (exact) mass is 236 g/mol. The zero-order chi connectivity index (χ0) is 12.3. The number of rotatable bonds is 5. The van der Waals surface area contributed by atoms with Gasteiger partial charge in [0.1, 0.15) is 5.52 Å². The first kappa shape index (κ1) is 11.8. The lowest BCUT2D eigenvalue weighted by molar-refractivity contribution is 0.182. The first-order valence-corrected chi connectivity index (χ1v) is 5.70. The van der Waals surface area contributed by atoms with E-state index in [0.29, 0.717) is 24.2 Å². The Morgan fingerprint density at radius 1 is 1.47 bits per heavy atom. The molecule has 17 heavy (non-hydrogen) atoms. The van der Waals surface area contributed by atoms with Crippen molar-refractivity contribution in [1.82, 2.24) is 19.7 Å². The van der Waals surface area contributed by atoms with Gasteiger partial charge in [-0.05, 0) is 6.42 Å². The summed E-state index contributed by atoms with van der Waals surface area (Å²) in [6, 6.07) is 0. The van der Waals surface area contributed by atoms with Gasteiger partial charge in [-0.15, -0.1) is 0 Å². The number of hydrogen-bond acceptors (Lipinski definition) is 4. The van der Waals surface area contributed by atoms with Crippen molar-refractivity contribution in [2.75, 3.05) is 13.7 Å². The standard InChI is InChI=1S/C11H16N4O2/c1-3-4-8-9-10(11(16)13-7-12-9)14-15(8)5-6-17-2/h7H,3-6H2,1-2H3,(H,12,13,16). The minimum atomic E-state index is -0.191. The zero-order valence-corrected chi connectivity index (χ0v) is 10.1. The van der Waals surface area contributed by atoms with Crippen molar-refractivity contribution in [2.24, 2.45) is 0 Å². The Morgan fingerprint density at radius 3 is 3.00 bits per heavy atom. The fourth-order valence-electron chi connectivity index (χ4n) is 1.85. The highest BCUT2D eigenvalue weighted by molar-refractivity contribution is 5.75. The lowest BCUT2D eigenvalue weighted by atomic mass is 10.2. The Hall–Kier alpha value is -1.69. The van der Waals surface area contributed by atoms with Gasteiger partial charge in [0, 0.05) is 7.11 Å². The number of aryl methyl sites for hydroxylation is 1. The van der Waals surface area contributed by atoms with Crippen LogP contribution in [0.15, 0.2) is 11.1 Å². The molecule has 0 aliphatic carbocycles. The highest BCUT2D eigenvalue weighted by Crippen LogP contribution is 2.14. The largest absolute Gasteiger partial charge is 0.383 e. The van der Waals surface area contributed by atoms with Crippen molar-refractivity contribution in [2.45, 2.75) is 26.3 Å². The summed E-state index contributed by atoms with van der Waals surface area (Å²) in [5.74, 6) is 0. The topological polar surface area (TPSA) is 72.8 Å². The number of H-pyrrole nitrogens is 1. The van der Waals surface area contributed by atoms with Crippen molar-refractivity contribution in [3.05, 3.63) is 22.4 Å². The van der Waals surface area contributed by atoms with Crippen LogP contribution in [0.25, 0.3) is 11.0 Å². The molecule has 2 aromatic heterocycles. The lowest BCUT2D eigenvalue weighted by Gasteiger charge is -2.05. The van der Waals surface area contributed by atoms with Crippen molar-refractivity contribution < 1.29 is 4.74 Å². The van der Waals surface area contributed by atoms with Crippen molar-refractivity contribution in [1.29, 1.82) is 0 Å². The molecule has 0 saturated heterocycles. The number of aromatic amines is 1. The van der Waals surface area contributed by atoms with Gasteiger partial charge >= 0.3 is 0 Å². The molecule has 2 heterocycles. The van der Waals surface area contributed by atoms with Gasteiger partial charge in [-0.25, -0.2) is 4.98 Å². The van der Waals surface area contributed by atoms with E-state index in [9.17, 15) is 4.79 Å². The fraction of sp³-hybridized carbons (Fsp3) is 0.545. The van der Waals surface area contributed by atoms with E-state index in [0.717, 1.165) is 18.5 Å². The van der Waals surface area contributed by atoms with Crippen LogP contribution in [0.1, 0.15) is 19.0 Å². The Labute approximate surface area is 98.6 Å². The highest BCUT2D eigenvalue weighted by atomic mass is 16.5. The summed E-state index contributed by atoms with van der Waals surface area (Å²) in [6.45, 7) is 3.30. The molecule has 92 valence electrons. The van der Waals surface area contributed by atoms with Gasteiger partial charge in [-0.2, -0.15) is 5.10 Å². The zero-order valence-electron chi connectivity index (χ0n) is 10.1. The van der Waals surface area contributed by atoms with E-state index in [2.05, 4.69) is 22.0 Å². The molecule has 0 radical (unpaired) electrons. The molecule has 0 fully saturated rings. The summed E-state index contributed by atoms with van der Waals surface area (Å²) in [6.07, 6.45) is 3.27. The number of ether oxygens (including phenoxy) is 1. The van der Waals surface area contributed by atoms with Gasteiger partial charge in [0.15, 0.2) is 5.52 Å². The van der Waals surface area contributed by atoms with E-state index < -0.39 is 0 Å². The number of fused-ring (bicyclic) bond motifs is 1. The molecule has 6 nitrogen and oxygen atoms in total.